The molecule has 2 atom stereocenters. The van der Waals surface area contributed by atoms with Crippen LogP contribution in [0.3, 0.4) is 0 Å². The summed E-state index contributed by atoms with van der Waals surface area (Å²) in [6, 6.07) is 9.00. The number of nitriles is 1. The first-order valence-electron chi connectivity index (χ1n) is 8.95. The Morgan fingerprint density at radius 1 is 1.37 bits per heavy atom. The number of esters is 1. The zero-order chi connectivity index (χ0) is 22.0. The molecule has 30 heavy (non-hydrogen) atoms. The summed E-state index contributed by atoms with van der Waals surface area (Å²) in [5, 5.41) is 11.9. The van der Waals surface area contributed by atoms with Gasteiger partial charge in [0.25, 0.3) is 5.91 Å². The van der Waals surface area contributed by atoms with Gasteiger partial charge in [-0.05, 0) is 17.7 Å². The van der Waals surface area contributed by atoms with Gasteiger partial charge in [-0.2, -0.15) is 5.26 Å². The standard InChI is InChI=1S/C20H20N4O5S/c1-23-18(26)16-15(10-5-4-6-11(7-10)28-2)12(9-21)17(22)24-19(27)13(30-20(16)24)8-14(25)29-3/h4-7,13,15H,8,22H2,1-3H3,(H,23,26)/t13-,15+/m0/s1. The molecule has 2 heterocycles. The lowest BCUT2D eigenvalue weighted by molar-refractivity contribution is -0.142. The Bertz CT molecular complexity index is 1030. The summed E-state index contributed by atoms with van der Waals surface area (Å²) < 4.78 is 9.94. The monoisotopic (exact) mass is 428 g/mol. The number of likely N-dealkylation sites (N-methyl/N-ethyl adjacent to an activating group) is 1. The van der Waals surface area contributed by atoms with Gasteiger partial charge >= 0.3 is 5.97 Å². The van der Waals surface area contributed by atoms with E-state index in [1.54, 1.807) is 24.3 Å². The molecule has 0 aliphatic carbocycles. The highest BCUT2D eigenvalue weighted by atomic mass is 32.2. The number of rotatable bonds is 5. The van der Waals surface area contributed by atoms with Crippen LogP contribution in [0.15, 0.2) is 46.3 Å². The Morgan fingerprint density at radius 3 is 2.70 bits per heavy atom. The van der Waals surface area contributed by atoms with E-state index in [-0.39, 0.29) is 23.4 Å². The Morgan fingerprint density at radius 2 is 2.10 bits per heavy atom. The fraction of sp³-hybridized carbons (Fsp3) is 0.300. The maximum atomic E-state index is 13.0. The first-order chi connectivity index (χ1) is 14.4. The number of nitrogens with one attached hydrogen (secondary N) is 1. The normalized spacial score (nSPS) is 20.6. The average Bonchev–Trinajstić information content (AvgIpc) is 3.08. The number of methoxy groups -OCH3 is 2. The Labute approximate surface area is 177 Å². The van der Waals surface area contributed by atoms with E-state index in [2.05, 4.69) is 16.1 Å². The summed E-state index contributed by atoms with van der Waals surface area (Å²) in [4.78, 5) is 38.7. The molecule has 2 amide bonds. The molecule has 156 valence electrons. The van der Waals surface area contributed by atoms with Crippen molar-refractivity contribution in [3.63, 3.8) is 0 Å². The number of amides is 2. The Hall–Kier alpha value is -3.45. The lowest BCUT2D eigenvalue weighted by Crippen LogP contribution is -2.39. The summed E-state index contributed by atoms with van der Waals surface area (Å²) >= 11 is 1.06. The SMILES string of the molecule is CNC(=O)C1=C2S[C@@H](CC(=O)OC)C(=O)N2C(N)=C(C#N)[C@H]1c1cccc(OC)c1. The summed E-state index contributed by atoms with van der Waals surface area (Å²) in [5.41, 5.74) is 7.12. The highest BCUT2D eigenvalue weighted by Crippen LogP contribution is 2.50. The summed E-state index contributed by atoms with van der Waals surface area (Å²) in [7, 11) is 4.21. The number of benzene rings is 1. The van der Waals surface area contributed by atoms with Gasteiger partial charge in [0.1, 0.15) is 16.8 Å². The molecule has 0 saturated carbocycles. The molecule has 3 N–H and O–H groups in total. The fourth-order valence-electron chi connectivity index (χ4n) is 3.43. The minimum atomic E-state index is -0.811. The lowest BCUT2D eigenvalue weighted by atomic mass is 9.82. The molecule has 1 saturated heterocycles. The molecule has 2 aliphatic rings. The second-order valence-electron chi connectivity index (χ2n) is 6.48. The number of fused-ring (bicyclic) bond motifs is 1. The number of nitrogens with zero attached hydrogens (tertiary/aromatic N) is 2. The van der Waals surface area contributed by atoms with Gasteiger partial charge < -0.3 is 20.5 Å². The van der Waals surface area contributed by atoms with E-state index in [1.165, 1.54) is 21.3 Å². The molecule has 2 aliphatic heterocycles. The molecule has 0 radical (unpaired) electrons. The zero-order valence-corrected chi connectivity index (χ0v) is 17.4. The van der Waals surface area contributed by atoms with Gasteiger partial charge in [0.15, 0.2) is 0 Å². The molecule has 9 nitrogen and oxygen atoms in total. The van der Waals surface area contributed by atoms with Crippen molar-refractivity contribution in [2.75, 3.05) is 21.3 Å². The van der Waals surface area contributed by atoms with Gasteiger partial charge in [-0.25, -0.2) is 0 Å². The predicted octanol–water partition coefficient (Wildman–Crippen LogP) is 0.951. The third-order valence-electron chi connectivity index (χ3n) is 4.88. The van der Waals surface area contributed by atoms with E-state index in [1.807, 2.05) is 0 Å². The minimum Gasteiger partial charge on any atom is -0.497 e. The molecule has 1 aromatic carbocycles. The van der Waals surface area contributed by atoms with Crippen molar-refractivity contribution in [2.45, 2.75) is 17.6 Å². The smallest absolute Gasteiger partial charge is 0.307 e. The van der Waals surface area contributed by atoms with E-state index in [4.69, 9.17) is 10.5 Å². The number of carbonyl (C=O) groups excluding carboxylic acids is 3. The van der Waals surface area contributed by atoms with Crippen LogP contribution in [0.5, 0.6) is 5.75 Å². The third kappa shape index (κ3) is 3.48. The van der Waals surface area contributed by atoms with Crippen LogP contribution < -0.4 is 15.8 Å². The topological polar surface area (TPSA) is 135 Å². The quantitative estimate of drug-likeness (QED) is 0.662. The molecule has 0 unspecified atom stereocenters. The second-order valence-corrected chi connectivity index (χ2v) is 7.67. The lowest BCUT2D eigenvalue weighted by Gasteiger charge is -2.32. The number of ether oxygens (including phenoxy) is 2. The summed E-state index contributed by atoms with van der Waals surface area (Å²) in [6.45, 7) is 0. The van der Waals surface area contributed by atoms with Crippen LogP contribution >= 0.6 is 11.8 Å². The van der Waals surface area contributed by atoms with Crippen molar-refractivity contribution < 1.29 is 23.9 Å². The number of carbonyl (C=O) groups is 3. The maximum absolute atomic E-state index is 13.0. The number of thioether (sulfide) groups is 1. The van der Waals surface area contributed by atoms with Crippen LogP contribution in [0.2, 0.25) is 0 Å². The number of nitrogens with two attached hydrogens (primary N) is 1. The highest BCUT2D eigenvalue weighted by Gasteiger charge is 2.48. The van der Waals surface area contributed by atoms with Gasteiger partial charge in [-0.3, -0.25) is 19.3 Å². The molecule has 10 heteroatoms. The van der Waals surface area contributed by atoms with Crippen LogP contribution in [0.4, 0.5) is 0 Å². The average molecular weight is 428 g/mol. The maximum Gasteiger partial charge on any atom is 0.307 e. The van der Waals surface area contributed by atoms with Crippen LogP contribution in [0, 0.1) is 11.3 Å². The van der Waals surface area contributed by atoms with Crippen LogP contribution in [0.1, 0.15) is 17.9 Å². The molecule has 1 fully saturated rings. The number of hydrogen-bond donors (Lipinski definition) is 2. The van der Waals surface area contributed by atoms with E-state index < -0.39 is 29.0 Å². The molecule has 0 bridgehead atoms. The van der Waals surface area contributed by atoms with E-state index in [0.717, 1.165) is 16.7 Å². The van der Waals surface area contributed by atoms with E-state index in [9.17, 15) is 19.6 Å². The zero-order valence-electron chi connectivity index (χ0n) is 16.6. The second kappa shape index (κ2) is 8.51. The van der Waals surface area contributed by atoms with Gasteiger partial charge in [-0.1, -0.05) is 23.9 Å². The Kier molecular flexibility index (Phi) is 6.03. The first-order valence-corrected chi connectivity index (χ1v) is 9.83. The van der Waals surface area contributed by atoms with Crippen molar-refractivity contribution in [3.8, 4) is 11.8 Å². The largest absolute Gasteiger partial charge is 0.497 e. The van der Waals surface area contributed by atoms with Gasteiger partial charge in [0, 0.05) is 7.05 Å². The van der Waals surface area contributed by atoms with Gasteiger partial charge in [0.2, 0.25) is 5.91 Å². The third-order valence-corrected chi connectivity index (χ3v) is 6.15. The minimum absolute atomic E-state index is 0.0576. The molecule has 0 aromatic heterocycles. The first kappa shape index (κ1) is 21.3. The van der Waals surface area contributed by atoms with Crippen LogP contribution in [-0.2, 0) is 19.1 Å². The molecule has 3 rings (SSSR count). The van der Waals surface area contributed by atoms with Crippen molar-refractivity contribution in [1.29, 1.82) is 5.26 Å². The van der Waals surface area contributed by atoms with E-state index in [0.29, 0.717) is 16.3 Å². The molecular formula is C20H20N4O5S. The van der Waals surface area contributed by atoms with Crippen molar-refractivity contribution in [2.24, 2.45) is 5.73 Å². The number of allylic oxidation sites excluding steroid dienone is 1. The predicted molar refractivity (Wildman–Crippen MR) is 109 cm³/mol. The number of hydrogen-bond acceptors (Lipinski definition) is 8. The Balaban J connectivity index is 2.21. The summed E-state index contributed by atoms with van der Waals surface area (Å²) in [5.74, 6) is -1.80. The van der Waals surface area contributed by atoms with Crippen molar-refractivity contribution >= 4 is 29.5 Å². The van der Waals surface area contributed by atoms with Crippen LogP contribution in [0.25, 0.3) is 0 Å². The van der Waals surface area contributed by atoms with Crippen LogP contribution in [-0.4, -0.2) is 49.2 Å². The fourth-order valence-corrected chi connectivity index (χ4v) is 4.76. The molecule has 1 aromatic rings. The molecule has 0 spiro atoms. The van der Waals surface area contributed by atoms with Gasteiger partial charge in [-0.15, -0.1) is 0 Å². The van der Waals surface area contributed by atoms with E-state index >= 15 is 0 Å². The summed E-state index contributed by atoms with van der Waals surface area (Å²) in [6.07, 6.45) is -0.181. The van der Waals surface area contributed by atoms with Crippen molar-refractivity contribution in [3.05, 3.63) is 51.8 Å². The van der Waals surface area contributed by atoms with Crippen molar-refractivity contribution in [1.82, 2.24) is 10.2 Å². The highest BCUT2D eigenvalue weighted by molar-refractivity contribution is 8.04. The molecular weight excluding hydrogens is 408 g/mol. The van der Waals surface area contributed by atoms with Gasteiger partial charge in [0.05, 0.1) is 48.8 Å².